The van der Waals surface area contributed by atoms with Gasteiger partial charge in [-0.1, -0.05) is 0 Å². The molecule has 2 heteroatoms. The van der Waals surface area contributed by atoms with Gasteiger partial charge in [0.1, 0.15) is 5.78 Å². The smallest absolute Gasteiger partial charge is 0.129 e. The van der Waals surface area contributed by atoms with Gasteiger partial charge in [-0.15, -0.1) is 0 Å². The van der Waals surface area contributed by atoms with Crippen LogP contribution in [-0.2, 0) is 9.53 Å². The van der Waals surface area contributed by atoms with Crippen molar-refractivity contribution >= 4 is 5.78 Å². The van der Waals surface area contributed by atoms with E-state index < -0.39 is 0 Å². The van der Waals surface area contributed by atoms with E-state index in [0.29, 0.717) is 6.42 Å². The van der Waals surface area contributed by atoms with Crippen LogP contribution in [0.3, 0.4) is 0 Å². The molecule has 0 aliphatic carbocycles. The normalized spacial score (nSPS) is 9.56. The molecular formula is C7H14O2. The van der Waals surface area contributed by atoms with Crippen molar-refractivity contribution in [2.75, 3.05) is 13.2 Å². The summed E-state index contributed by atoms with van der Waals surface area (Å²) < 4.78 is 5.03. The van der Waals surface area contributed by atoms with Crippen molar-refractivity contribution in [2.45, 2.75) is 26.7 Å². The Morgan fingerprint density at radius 1 is 1.56 bits per heavy atom. The first kappa shape index (κ1) is 8.63. The molecule has 0 spiro atoms. The van der Waals surface area contributed by atoms with Crippen LogP contribution in [0.2, 0.25) is 0 Å². The minimum Gasteiger partial charge on any atom is -0.382 e. The fraction of sp³-hybridized carbons (Fsp3) is 0.857. The summed E-state index contributed by atoms with van der Waals surface area (Å²) in [5, 5.41) is 0. The quantitative estimate of drug-likeness (QED) is 0.526. The van der Waals surface area contributed by atoms with Gasteiger partial charge in [-0.2, -0.15) is 0 Å². The molecule has 0 aromatic rings. The van der Waals surface area contributed by atoms with Gasteiger partial charge in [0.05, 0.1) is 0 Å². The lowest BCUT2D eigenvalue weighted by molar-refractivity contribution is -0.117. The van der Waals surface area contributed by atoms with Crippen LogP contribution in [0.15, 0.2) is 0 Å². The SMILES string of the molecule is CCOCCCC(C)=O. The summed E-state index contributed by atoms with van der Waals surface area (Å²) in [5.74, 6) is 0.245. The summed E-state index contributed by atoms with van der Waals surface area (Å²) in [6.45, 7) is 5.02. The maximum atomic E-state index is 10.4. The van der Waals surface area contributed by atoms with Gasteiger partial charge in [0.2, 0.25) is 0 Å². The van der Waals surface area contributed by atoms with Crippen LogP contribution in [0.25, 0.3) is 0 Å². The third-order valence-electron chi connectivity index (χ3n) is 1.02. The number of rotatable bonds is 5. The molecule has 0 saturated carbocycles. The molecule has 0 bridgehead atoms. The number of ether oxygens (including phenoxy) is 1. The highest BCUT2D eigenvalue weighted by Gasteiger charge is 1.91. The largest absolute Gasteiger partial charge is 0.382 e. The first-order valence-corrected chi connectivity index (χ1v) is 3.34. The standard InChI is InChI=1S/C7H14O2/c1-3-9-6-4-5-7(2)8/h3-6H2,1-2H3. The molecule has 2 nitrogen and oxygen atoms in total. The average Bonchev–Trinajstić information content (AvgIpc) is 1.80. The number of hydrogen-bond donors (Lipinski definition) is 0. The summed E-state index contributed by atoms with van der Waals surface area (Å²) in [6.07, 6.45) is 1.52. The van der Waals surface area contributed by atoms with Gasteiger partial charge in [0.15, 0.2) is 0 Å². The number of ketones is 1. The average molecular weight is 130 g/mol. The Labute approximate surface area is 56.2 Å². The first-order valence-electron chi connectivity index (χ1n) is 3.34. The molecule has 9 heavy (non-hydrogen) atoms. The Bertz CT molecular complexity index is 79.0. The third-order valence-corrected chi connectivity index (χ3v) is 1.02. The van der Waals surface area contributed by atoms with Crippen molar-refractivity contribution in [2.24, 2.45) is 0 Å². The van der Waals surface area contributed by atoms with Crippen LogP contribution < -0.4 is 0 Å². The monoisotopic (exact) mass is 130 g/mol. The van der Waals surface area contributed by atoms with Crippen molar-refractivity contribution in [3.8, 4) is 0 Å². The summed E-state index contributed by atoms with van der Waals surface area (Å²) in [6, 6.07) is 0. The van der Waals surface area contributed by atoms with Crippen LogP contribution >= 0.6 is 0 Å². The summed E-state index contributed by atoms with van der Waals surface area (Å²) >= 11 is 0. The van der Waals surface area contributed by atoms with Crippen LogP contribution in [0.5, 0.6) is 0 Å². The van der Waals surface area contributed by atoms with Gasteiger partial charge in [0, 0.05) is 19.6 Å². The summed E-state index contributed by atoms with van der Waals surface area (Å²) in [4.78, 5) is 10.4. The van der Waals surface area contributed by atoms with Crippen LogP contribution in [0.4, 0.5) is 0 Å². The zero-order valence-corrected chi connectivity index (χ0v) is 6.14. The van der Waals surface area contributed by atoms with E-state index in [1.54, 1.807) is 6.92 Å². The van der Waals surface area contributed by atoms with Gasteiger partial charge in [-0.3, -0.25) is 0 Å². The highest BCUT2D eigenvalue weighted by atomic mass is 16.5. The predicted molar refractivity (Wildman–Crippen MR) is 36.4 cm³/mol. The molecule has 0 radical (unpaired) electrons. The third kappa shape index (κ3) is 7.63. The molecule has 0 amide bonds. The Morgan fingerprint density at radius 3 is 2.67 bits per heavy atom. The molecule has 0 rings (SSSR count). The molecule has 0 aromatic carbocycles. The molecule has 0 aliphatic rings. The Morgan fingerprint density at radius 2 is 2.22 bits per heavy atom. The second kappa shape index (κ2) is 5.76. The van der Waals surface area contributed by atoms with Gasteiger partial charge in [0.25, 0.3) is 0 Å². The van der Waals surface area contributed by atoms with Crippen molar-refractivity contribution in [1.29, 1.82) is 0 Å². The van der Waals surface area contributed by atoms with Gasteiger partial charge in [-0.25, -0.2) is 0 Å². The molecule has 0 heterocycles. The van der Waals surface area contributed by atoms with E-state index in [1.165, 1.54) is 0 Å². The number of carbonyl (C=O) groups is 1. The molecule has 0 saturated heterocycles. The van der Waals surface area contributed by atoms with Crippen molar-refractivity contribution in [3.05, 3.63) is 0 Å². The van der Waals surface area contributed by atoms with E-state index in [9.17, 15) is 4.79 Å². The topological polar surface area (TPSA) is 26.3 Å². The van der Waals surface area contributed by atoms with E-state index in [-0.39, 0.29) is 5.78 Å². The van der Waals surface area contributed by atoms with Gasteiger partial charge < -0.3 is 9.53 Å². The maximum Gasteiger partial charge on any atom is 0.129 e. The second-order valence-corrected chi connectivity index (χ2v) is 2.00. The Kier molecular flexibility index (Phi) is 5.52. The zero-order chi connectivity index (χ0) is 7.11. The lowest BCUT2D eigenvalue weighted by atomic mass is 10.2. The van der Waals surface area contributed by atoms with Crippen molar-refractivity contribution in [1.82, 2.24) is 0 Å². The highest BCUT2D eigenvalue weighted by molar-refractivity contribution is 5.75. The molecule has 0 fully saturated rings. The molecule has 0 aromatic heterocycles. The van der Waals surface area contributed by atoms with Crippen LogP contribution in [0.1, 0.15) is 26.7 Å². The maximum absolute atomic E-state index is 10.4. The molecular weight excluding hydrogens is 116 g/mol. The Hall–Kier alpha value is -0.370. The lowest BCUT2D eigenvalue weighted by Crippen LogP contribution is -1.96. The Balaban J connectivity index is 2.83. The molecule has 0 unspecified atom stereocenters. The molecule has 0 N–H and O–H groups in total. The molecule has 0 aliphatic heterocycles. The summed E-state index contributed by atoms with van der Waals surface area (Å²) in [7, 11) is 0. The first-order chi connectivity index (χ1) is 4.27. The fourth-order valence-corrected chi connectivity index (χ4v) is 0.568. The van der Waals surface area contributed by atoms with E-state index in [1.807, 2.05) is 6.92 Å². The van der Waals surface area contributed by atoms with E-state index in [4.69, 9.17) is 4.74 Å². The van der Waals surface area contributed by atoms with E-state index >= 15 is 0 Å². The van der Waals surface area contributed by atoms with Crippen molar-refractivity contribution in [3.63, 3.8) is 0 Å². The predicted octanol–water partition coefficient (Wildman–Crippen LogP) is 1.39. The van der Waals surface area contributed by atoms with Gasteiger partial charge in [-0.05, 0) is 20.3 Å². The molecule has 0 atom stereocenters. The summed E-state index contributed by atoms with van der Waals surface area (Å²) in [5.41, 5.74) is 0. The zero-order valence-electron chi connectivity index (χ0n) is 6.14. The minimum atomic E-state index is 0.245. The number of hydrogen-bond acceptors (Lipinski definition) is 2. The van der Waals surface area contributed by atoms with Gasteiger partial charge >= 0.3 is 0 Å². The van der Waals surface area contributed by atoms with E-state index in [0.717, 1.165) is 19.6 Å². The fourth-order valence-electron chi connectivity index (χ4n) is 0.568. The van der Waals surface area contributed by atoms with E-state index in [2.05, 4.69) is 0 Å². The number of Topliss-reactive ketones (excluding diaryl/α,β-unsaturated/α-hetero) is 1. The highest BCUT2D eigenvalue weighted by Crippen LogP contribution is 1.90. The molecule has 54 valence electrons. The minimum absolute atomic E-state index is 0.245. The lowest BCUT2D eigenvalue weighted by Gasteiger charge is -1.96. The van der Waals surface area contributed by atoms with Crippen LogP contribution in [0, 0.1) is 0 Å². The van der Waals surface area contributed by atoms with Crippen LogP contribution in [-0.4, -0.2) is 19.0 Å². The second-order valence-electron chi connectivity index (χ2n) is 2.00. The van der Waals surface area contributed by atoms with Crippen molar-refractivity contribution < 1.29 is 9.53 Å². The number of carbonyl (C=O) groups excluding carboxylic acids is 1.